The minimum Gasteiger partial charge on any atom is -0.480 e. The van der Waals surface area contributed by atoms with E-state index in [1.54, 1.807) is 12.1 Å². The van der Waals surface area contributed by atoms with Gasteiger partial charge in [0.05, 0.1) is 0 Å². The Morgan fingerprint density at radius 1 is 1.25 bits per heavy atom. The second-order valence-corrected chi connectivity index (χ2v) is 7.49. The summed E-state index contributed by atoms with van der Waals surface area (Å²) in [6.07, 6.45) is 4.89. The summed E-state index contributed by atoms with van der Waals surface area (Å²) < 4.78 is 0. The summed E-state index contributed by atoms with van der Waals surface area (Å²) >= 11 is 5.88. The van der Waals surface area contributed by atoms with Crippen LogP contribution < -0.4 is 0 Å². The van der Waals surface area contributed by atoms with Crippen molar-refractivity contribution in [2.75, 3.05) is 0 Å². The summed E-state index contributed by atoms with van der Waals surface area (Å²) in [4.78, 5) is 24.9. The van der Waals surface area contributed by atoms with Crippen molar-refractivity contribution in [3.63, 3.8) is 0 Å². The van der Waals surface area contributed by atoms with Crippen LogP contribution in [0.3, 0.4) is 0 Å². The molecule has 2 rings (SSSR count). The lowest BCUT2D eigenvalue weighted by molar-refractivity contribution is -0.148. The maximum Gasteiger partial charge on any atom is 0.326 e. The van der Waals surface area contributed by atoms with Gasteiger partial charge >= 0.3 is 5.97 Å². The Morgan fingerprint density at radius 2 is 1.83 bits per heavy atom. The molecular formula is C19H26ClNO3. The van der Waals surface area contributed by atoms with Crippen molar-refractivity contribution in [3.8, 4) is 0 Å². The van der Waals surface area contributed by atoms with E-state index in [-0.39, 0.29) is 6.04 Å². The van der Waals surface area contributed by atoms with E-state index >= 15 is 0 Å². The van der Waals surface area contributed by atoms with Crippen LogP contribution in [0, 0.1) is 11.8 Å². The number of hydrogen-bond donors (Lipinski definition) is 1. The Morgan fingerprint density at radius 3 is 2.29 bits per heavy atom. The van der Waals surface area contributed by atoms with Crippen molar-refractivity contribution in [3.05, 3.63) is 34.9 Å². The third-order valence-electron chi connectivity index (χ3n) is 5.21. The summed E-state index contributed by atoms with van der Waals surface area (Å²) in [5, 5.41) is 10.3. The molecule has 5 heteroatoms. The first-order valence-electron chi connectivity index (χ1n) is 8.62. The number of carboxylic acid groups (broad SMARTS) is 1. The van der Waals surface area contributed by atoms with E-state index in [0.717, 1.165) is 37.7 Å². The highest BCUT2D eigenvalue weighted by Gasteiger charge is 2.33. The molecule has 1 fully saturated rings. The first kappa shape index (κ1) is 18.8. The van der Waals surface area contributed by atoms with Gasteiger partial charge in [0, 0.05) is 17.5 Å². The second kappa shape index (κ2) is 8.52. The highest BCUT2D eigenvalue weighted by Crippen LogP contribution is 2.32. The lowest BCUT2D eigenvalue weighted by Gasteiger charge is -2.38. The van der Waals surface area contributed by atoms with Crippen molar-refractivity contribution in [2.24, 2.45) is 11.8 Å². The fraction of sp³-hybridized carbons (Fsp3) is 0.579. The topological polar surface area (TPSA) is 57.6 Å². The van der Waals surface area contributed by atoms with E-state index in [1.807, 2.05) is 12.1 Å². The molecule has 1 N–H and O–H groups in total. The molecule has 0 spiro atoms. The predicted octanol–water partition coefficient (Wildman–Crippen LogP) is 4.01. The minimum absolute atomic E-state index is 0.0194. The molecule has 1 atom stereocenters. The van der Waals surface area contributed by atoms with Crippen molar-refractivity contribution < 1.29 is 14.7 Å². The average Bonchev–Trinajstić information content (AvgIpc) is 2.56. The number of benzene rings is 1. The Kier molecular flexibility index (Phi) is 6.67. The molecule has 1 saturated carbocycles. The number of rotatable bonds is 7. The molecule has 24 heavy (non-hydrogen) atoms. The van der Waals surface area contributed by atoms with Gasteiger partial charge in [-0.05, 0) is 55.2 Å². The molecule has 132 valence electrons. The van der Waals surface area contributed by atoms with E-state index in [9.17, 15) is 14.7 Å². The number of carboxylic acids is 1. The van der Waals surface area contributed by atoms with Gasteiger partial charge in [-0.3, -0.25) is 4.79 Å². The van der Waals surface area contributed by atoms with E-state index in [1.165, 1.54) is 4.90 Å². The lowest BCUT2D eigenvalue weighted by Crippen LogP contribution is -2.49. The summed E-state index contributed by atoms with van der Waals surface area (Å²) in [5.74, 6) is 0.359. The number of nitrogens with zero attached hydrogens (tertiary/aromatic N) is 1. The van der Waals surface area contributed by atoms with Crippen LogP contribution in [0.2, 0.25) is 5.02 Å². The molecule has 1 aliphatic rings. The molecule has 1 aromatic rings. The molecule has 1 amide bonds. The first-order valence-corrected chi connectivity index (χ1v) is 9.00. The van der Waals surface area contributed by atoms with Crippen LogP contribution in [-0.2, 0) is 16.0 Å². The average molecular weight is 352 g/mol. The molecular weight excluding hydrogens is 326 g/mol. The number of carbonyl (C=O) groups excluding carboxylic acids is 1. The molecule has 0 aromatic heterocycles. The quantitative estimate of drug-likeness (QED) is 0.755. The molecule has 0 aliphatic heterocycles. The van der Waals surface area contributed by atoms with Crippen molar-refractivity contribution in [1.29, 1.82) is 0 Å². The number of amides is 1. The van der Waals surface area contributed by atoms with Gasteiger partial charge in [-0.15, -0.1) is 0 Å². The third kappa shape index (κ3) is 4.73. The summed E-state index contributed by atoms with van der Waals surface area (Å²) in [7, 11) is 0. The van der Waals surface area contributed by atoms with Crippen LogP contribution in [0.15, 0.2) is 24.3 Å². The van der Waals surface area contributed by atoms with Crippen molar-refractivity contribution in [1.82, 2.24) is 4.90 Å². The predicted molar refractivity (Wildman–Crippen MR) is 95.1 cm³/mol. The molecule has 0 saturated heterocycles. The van der Waals surface area contributed by atoms with E-state index in [0.29, 0.717) is 23.3 Å². The monoisotopic (exact) mass is 351 g/mol. The van der Waals surface area contributed by atoms with Crippen LogP contribution in [0.1, 0.15) is 45.1 Å². The van der Waals surface area contributed by atoms with E-state index < -0.39 is 12.0 Å². The normalized spacial score (nSPS) is 22.2. The van der Waals surface area contributed by atoms with Gasteiger partial charge in [0.1, 0.15) is 6.04 Å². The maximum atomic E-state index is 11.8. The number of hydrogen-bond acceptors (Lipinski definition) is 2. The Labute approximate surface area is 148 Å². The zero-order valence-electron chi connectivity index (χ0n) is 14.3. The molecule has 1 unspecified atom stereocenters. The Balaban J connectivity index is 2.08. The summed E-state index contributed by atoms with van der Waals surface area (Å²) in [6, 6.07) is 6.31. The zero-order valence-corrected chi connectivity index (χ0v) is 15.1. The van der Waals surface area contributed by atoms with Gasteiger partial charge < -0.3 is 10.0 Å². The van der Waals surface area contributed by atoms with Gasteiger partial charge in [0.15, 0.2) is 0 Å². The summed E-state index contributed by atoms with van der Waals surface area (Å²) in [5.41, 5.74) is 0.870. The maximum absolute atomic E-state index is 11.8. The van der Waals surface area contributed by atoms with E-state index in [2.05, 4.69) is 13.8 Å². The highest BCUT2D eigenvalue weighted by atomic mass is 35.5. The second-order valence-electron chi connectivity index (χ2n) is 7.05. The molecule has 0 bridgehead atoms. The van der Waals surface area contributed by atoms with Gasteiger partial charge in [-0.1, -0.05) is 37.6 Å². The van der Waals surface area contributed by atoms with Crippen LogP contribution in [0.5, 0.6) is 0 Å². The first-order chi connectivity index (χ1) is 11.4. The van der Waals surface area contributed by atoms with Crippen molar-refractivity contribution >= 4 is 24.0 Å². The van der Waals surface area contributed by atoms with Crippen molar-refractivity contribution in [2.45, 2.75) is 58.0 Å². The van der Waals surface area contributed by atoms with E-state index in [4.69, 9.17) is 11.6 Å². The van der Waals surface area contributed by atoms with Crippen LogP contribution in [-0.4, -0.2) is 34.5 Å². The number of halogens is 1. The smallest absolute Gasteiger partial charge is 0.326 e. The number of aliphatic carboxylic acids is 1. The SMILES string of the molecule is CC(C)C1CCC(N(C=O)C(Cc2ccc(Cl)cc2)C(=O)O)CC1. The molecule has 1 aromatic carbocycles. The zero-order chi connectivity index (χ0) is 17.7. The fourth-order valence-electron chi connectivity index (χ4n) is 3.64. The van der Waals surface area contributed by atoms with Crippen LogP contribution in [0.4, 0.5) is 0 Å². The van der Waals surface area contributed by atoms with Crippen LogP contribution in [0.25, 0.3) is 0 Å². The lowest BCUT2D eigenvalue weighted by atomic mass is 9.79. The fourth-order valence-corrected chi connectivity index (χ4v) is 3.77. The number of carbonyl (C=O) groups is 2. The highest BCUT2D eigenvalue weighted by molar-refractivity contribution is 6.30. The largest absolute Gasteiger partial charge is 0.480 e. The Bertz CT molecular complexity index is 550. The summed E-state index contributed by atoms with van der Waals surface area (Å²) in [6.45, 7) is 4.45. The molecule has 1 aliphatic carbocycles. The Hall–Kier alpha value is -1.55. The van der Waals surface area contributed by atoms with Gasteiger partial charge in [-0.2, -0.15) is 0 Å². The molecule has 4 nitrogen and oxygen atoms in total. The van der Waals surface area contributed by atoms with Gasteiger partial charge in [0.2, 0.25) is 6.41 Å². The molecule has 0 heterocycles. The van der Waals surface area contributed by atoms with Crippen LogP contribution >= 0.6 is 11.6 Å². The molecule has 0 radical (unpaired) electrons. The third-order valence-corrected chi connectivity index (χ3v) is 5.47. The van der Waals surface area contributed by atoms with Gasteiger partial charge in [-0.25, -0.2) is 4.79 Å². The standard InChI is InChI=1S/C19H26ClNO3/c1-13(2)15-5-9-17(10-6-15)21(12-22)18(19(23)24)11-14-3-7-16(20)8-4-14/h3-4,7-8,12-13,15,17-18H,5-6,9-11H2,1-2H3,(H,23,24). The van der Waals surface area contributed by atoms with Gasteiger partial charge in [0.25, 0.3) is 0 Å². The minimum atomic E-state index is -0.956.